The highest BCUT2D eigenvalue weighted by atomic mass is 32.1. The summed E-state index contributed by atoms with van der Waals surface area (Å²) in [4.78, 5) is 12.3. The Kier molecular flexibility index (Phi) is 6.04. The molecular weight excluding hydrogens is 589 g/mol. The van der Waals surface area contributed by atoms with Crippen LogP contribution in [-0.4, -0.2) is 19.1 Å². The molecule has 0 spiro atoms. The van der Waals surface area contributed by atoms with E-state index in [4.69, 9.17) is 9.97 Å². The van der Waals surface area contributed by atoms with Crippen LogP contribution in [0.15, 0.2) is 138 Å². The predicted octanol–water partition coefficient (Wildman–Crippen LogP) is 10.9. The molecule has 0 N–H and O–H groups in total. The van der Waals surface area contributed by atoms with Crippen LogP contribution in [0.25, 0.3) is 82.1 Å². The highest BCUT2D eigenvalue weighted by Crippen LogP contribution is 2.42. The smallest absolute Gasteiger partial charge is 0.140 e. The molecule has 0 fully saturated rings. The summed E-state index contributed by atoms with van der Waals surface area (Å²) in [6.07, 6.45) is 1.86. The third-order valence-electron chi connectivity index (χ3n) is 8.60. The van der Waals surface area contributed by atoms with Gasteiger partial charge in [0.05, 0.1) is 33.4 Å². The number of imidazole rings is 1. The molecule has 6 heteroatoms. The minimum atomic E-state index is 0.954. The van der Waals surface area contributed by atoms with E-state index < -0.39 is 0 Å². The maximum Gasteiger partial charge on any atom is 0.140 e. The number of pyridine rings is 1. The summed E-state index contributed by atoms with van der Waals surface area (Å²) < 4.78 is 4.63. The van der Waals surface area contributed by atoms with E-state index in [-0.39, 0.29) is 0 Å². The lowest BCUT2D eigenvalue weighted by molar-refractivity contribution is 0.959. The molecule has 9 rings (SSSR count). The quantitative estimate of drug-likeness (QED) is 0.193. The molecule has 0 atom stereocenters. The first-order chi connectivity index (χ1) is 22.2. The van der Waals surface area contributed by atoms with Gasteiger partial charge in [0.15, 0.2) is 0 Å². The van der Waals surface area contributed by atoms with Crippen molar-refractivity contribution in [3.05, 3.63) is 138 Å². The first kappa shape index (κ1) is 26.1. The van der Waals surface area contributed by atoms with Crippen LogP contribution in [0, 0.1) is 0 Å². The Morgan fingerprint density at radius 1 is 0.578 bits per heavy atom. The fourth-order valence-corrected chi connectivity index (χ4v) is 7.95. The van der Waals surface area contributed by atoms with Crippen molar-refractivity contribution >= 4 is 55.5 Å². The van der Waals surface area contributed by atoms with E-state index in [0.29, 0.717) is 0 Å². The van der Waals surface area contributed by atoms with Gasteiger partial charge in [0.1, 0.15) is 5.82 Å². The summed E-state index contributed by atoms with van der Waals surface area (Å²) in [5, 5.41) is 6.73. The number of aryl methyl sites for hydroxylation is 1. The molecule has 4 nitrogen and oxygen atoms in total. The number of fused-ring (bicyclic) bond motifs is 4. The van der Waals surface area contributed by atoms with Gasteiger partial charge >= 0.3 is 0 Å². The van der Waals surface area contributed by atoms with E-state index in [0.717, 1.165) is 44.9 Å². The van der Waals surface area contributed by atoms with Gasteiger partial charge in [-0.3, -0.25) is 4.98 Å². The number of thiophene rings is 2. The van der Waals surface area contributed by atoms with Gasteiger partial charge in [0.2, 0.25) is 0 Å². The maximum absolute atomic E-state index is 5.05. The van der Waals surface area contributed by atoms with Gasteiger partial charge in [0.25, 0.3) is 0 Å². The number of hydrogen-bond acceptors (Lipinski definition) is 4. The molecule has 4 aromatic carbocycles. The molecule has 0 radical (unpaired) electrons. The minimum Gasteiger partial charge on any atom is -0.327 e. The Bertz CT molecular complexity index is 2480. The fourth-order valence-electron chi connectivity index (χ4n) is 6.47. The molecule has 0 aliphatic rings. The molecule has 0 aliphatic heterocycles. The van der Waals surface area contributed by atoms with Crippen molar-refractivity contribution in [3.63, 3.8) is 0 Å². The van der Waals surface area contributed by atoms with Crippen LogP contribution >= 0.6 is 22.7 Å². The van der Waals surface area contributed by atoms with Gasteiger partial charge in [0, 0.05) is 50.5 Å². The number of hydrogen-bond donors (Lipinski definition) is 0. The second-order valence-electron chi connectivity index (χ2n) is 11.2. The average Bonchev–Trinajstić information content (AvgIpc) is 3.91. The monoisotopic (exact) mass is 614 g/mol. The Morgan fingerprint density at radius 2 is 1.38 bits per heavy atom. The van der Waals surface area contributed by atoms with Crippen LogP contribution in [-0.2, 0) is 7.05 Å². The van der Waals surface area contributed by atoms with Crippen molar-refractivity contribution in [1.29, 1.82) is 0 Å². The molecule has 0 bridgehead atoms. The SMILES string of the molecule is Cn1c(-c2ccc3c4cc(-c5cccs5)ccc4n(-c4cc(-c5ccccn5)ccc4-c4cccs4)c3c2)nc2ccccc21. The average molecular weight is 615 g/mol. The molecule has 0 saturated carbocycles. The zero-order valence-corrected chi connectivity index (χ0v) is 26.0. The Balaban J connectivity index is 1.37. The van der Waals surface area contributed by atoms with Gasteiger partial charge in [-0.1, -0.05) is 60.7 Å². The fraction of sp³-hybridized carbons (Fsp3) is 0.0256. The third kappa shape index (κ3) is 4.25. The van der Waals surface area contributed by atoms with Gasteiger partial charge < -0.3 is 9.13 Å². The maximum atomic E-state index is 5.05. The summed E-state index contributed by atoms with van der Waals surface area (Å²) >= 11 is 3.54. The first-order valence-corrected chi connectivity index (χ1v) is 16.6. The van der Waals surface area contributed by atoms with E-state index in [1.54, 1.807) is 22.7 Å². The molecule has 9 aromatic rings. The lowest BCUT2D eigenvalue weighted by Gasteiger charge is -2.15. The van der Waals surface area contributed by atoms with Crippen LogP contribution in [0.2, 0.25) is 0 Å². The Hall–Kier alpha value is -5.30. The summed E-state index contributed by atoms with van der Waals surface area (Å²) in [6.45, 7) is 0. The summed E-state index contributed by atoms with van der Waals surface area (Å²) in [5.74, 6) is 0.954. The van der Waals surface area contributed by atoms with Gasteiger partial charge in [-0.25, -0.2) is 4.98 Å². The van der Waals surface area contributed by atoms with E-state index in [1.807, 2.05) is 24.4 Å². The number of benzene rings is 4. The van der Waals surface area contributed by atoms with Crippen LogP contribution in [0.5, 0.6) is 0 Å². The molecule has 5 aromatic heterocycles. The van der Waals surface area contributed by atoms with Gasteiger partial charge in [-0.15, -0.1) is 22.7 Å². The van der Waals surface area contributed by atoms with E-state index in [2.05, 4.69) is 130 Å². The zero-order valence-electron chi connectivity index (χ0n) is 24.4. The number of nitrogens with zero attached hydrogens (tertiary/aromatic N) is 4. The van der Waals surface area contributed by atoms with Crippen LogP contribution in [0.4, 0.5) is 0 Å². The van der Waals surface area contributed by atoms with Crippen LogP contribution in [0.3, 0.4) is 0 Å². The van der Waals surface area contributed by atoms with Crippen molar-refractivity contribution in [2.45, 2.75) is 0 Å². The van der Waals surface area contributed by atoms with Crippen molar-refractivity contribution in [2.24, 2.45) is 7.05 Å². The number of aromatic nitrogens is 4. The standard InChI is InChI=1S/C39H26N4S2/c1-42-34-10-3-2-9-32(34)41-39(42)27-14-16-28-30-22-26(37-11-6-20-44-37)15-18-33(30)43(35(28)24-27)36-23-25(31-8-4-5-19-40-31)13-17-29(36)38-12-7-21-45-38/h2-24H,1H3. The van der Waals surface area contributed by atoms with Crippen molar-refractivity contribution < 1.29 is 0 Å². The lowest BCUT2D eigenvalue weighted by Crippen LogP contribution is -1.99. The second-order valence-corrected chi connectivity index (χ2v) is 13.1. The van der Waals surface area contributed by atoms with Gasteiger partial charge in [-0.2, -0.15) is 0 Å². The van der Waals surface area contributed by atoms with Crippen molar-refractivity contribution in [3.8, 4) is 49.2 Å². The Morgan fingerprint density at radius 3 is 2.18 bits per heavy atom. The molecule has 0 aliphatic carbocycles. The normalized spacial score (nSPS) is 11.7. The topological polar surface area (TPSA) is 35.6 Å². The summed E-state index contributed by atoms with van der Waals surface area (Å²) in [5.41, 5.74) is 11.1. The number of para-hydroxylation sites is 2. The summed E-state index contributed by atoms with van der Waals surface area (Å²) in [6, 6.07) is 43.5. The summed E-state index contributed by atoms with van der Waals surface area (Å²) in [7, 11) is 2.10. The lowest BCUT2D eigenvalue weighted by atomic mass is 10.0. The second kappa shape index (κ2) is 10.4. The molecule has 0 saturated heterocycles. The largest absolute Gasteiger partial charge is 0.327 e. The van der Waals surface area contributed by atoms with Crippen LogP contribution in [0.1, 0.15) is 0 Å². The molecule has 5 heterocycles. The minimum absolute atomic E-state index is 0.954. The highest BCUT2D eigenvalue weighted by molar-refractivity contribution is 7.13. The Labute approximate surface area is 268 Å². The van der Waals surface area contributed by atoms with Gasteiger partial charge in [-0.05, 0) is 77.0 Å². The predicted molar refractivity (Wildman–Crippen MR) is 190 cm³/mol. The van der Waals surface area contributed by atoms with E-state index in [9.17, 15) is 0 Å². The van der Waals surface area contributed by atoms with Crippen LogP contribution < -0.4 is 0 Å². The first-order valence-electron chi connectivity index (χ1n) is 14.9. The van der Waals surface area contributed by atoms with E-state index in [1.165, 1.54) is 37.2 Å². The van der Waals surface area contributed by atoms with E-state index >= 15 is 0 Å². The van der Waals surface area contributed by atoms with Crippen molar-refractivity contribution in [2.75, 3.05) is 0 Å². The molecule has 214 valence electrons. The highest BCUT2D eigenvalue weighted by Gasteiger charge is 2.20. The van der Waals surface area contributed by atoms with Crippen molar-refractivity contribution in [1.82, 2.24) is 19.1 Å². The molecular formula is C39H26N4S2. The number of rotatable bonds is 5. The third-order valence-corrected chi connectivity index (χ3v) is 10.4. The molecule has 45 heavy (non-hydrogen) atoms. The zero-order chi connectivity index (χ0) is 29.9. The molecule has 0 unspecified atom stereocenters. The molecule has 0 amide bonds.